The molecule has 3 rings (SSSR count). The molecule has 2 nitrogen and oxygen atoms in total. The highest BCUT2D eigenvalue weighted by molar-refractivity contribution is 5.81. The van der Waals surface area contributed by atoms with Crippen LogP contribution in [0.5, 0.6) is 0 Å². The number of benzene rings is 1. The van der Waals surface area contributed by atoms with Crippen LogP contribution in [-0.2, 0) is 13.5 Å². The molecule has 0 unspecified atom stereocenters. The zero-order valence-corrected chi connectivity index (χ0v) is 15.6. The Morgan fingerprint density at radius 3 is 2.50 bits per heavy atom. The van der Waals surface area contributed by atoms with Gasteiger partial charge in [0.1, 0.15) is 12.6 Å². The lowest BCUT2D eigenvalue weighted by Crippen LogP contribution is -2.31. The van der Waals surface area contributed by atoms with Crippen molar-refractivity contribution in [1.29, 1.82) is 0 Å². The zero-order valence-electron chi connectivity index (χ0n) is 15.6. The zero-order chi connectivity index (χ0) is 17.4. The van der Waals surface area contributed by atoms with Crippen molar-refractivity contribution in [3.63, 3.8) is 0 Å². The maximum absolute atomic E-state index is 4.67. The summed E-state index contributed by atoms with van der Waals surface area (Å²) in [4.78, 5) is 4.67. The van der Waals surface area contributed by atoms with E-state index in [0.717, 1.165) is 11.9 Å². The first-order valence-electron chi connectivity index (χ1n) is 8.71. The van der Waals surface area contributed by atoms with Crippen LogP contribution in [0.2, 0.25) is 0 Å². The molecule has 0 bridgehead atoms. The van der Waals surface area contributed by atoms with Gasteiger partial charge in [-0.3, -0.25) is 0 Å². The van der Waals surface area contributed by atoms with E-state index in [0.29, 0.717) is 5.92 Å². The molecule has 124 valence electrons. The lowest BCUT2D eigenvalue weighted by molar-refractivity contribution is -0.659. The monoisotopic (exact) mass is 319 g/mol. The van der Waals surface area contributed by atoms with Gasteiger partial charge < -0.3 is 0 Å². The van der Waals surface area contributed by atoms with Crippen LogP contribution in [0.1, 0.15) is 36.1 Å². The Morgan fingerprint density at radius 2 is 1.79 bits per heavy atom. The van der Waals surface area contributed by atoms with Crippen molar-refractivity contribution in [2.45, 2.75) is 41.0 Å². The summed E-state index contributed by atoms with van der Waals surface area (Å²) >= 11 is 0. The minimum atomic E-state index is 0.644. The first-order chi connectivity index (χ1) is 11.3. The van der Waals surface area contributed by atoms with Gasteiger partial charge in [0.15, 0.2) is 6.20 Å². The van der Waals surface area contributed by atoms with Gasteiger partial charge in [-0.2, -0.15) is 4.57 Å². The summed E-state index contributed by atoms with van der Waals surface area (Å²) in [5.74, 6) is 0.644. The molecule has 0 aliphatic rings. The molecule has 0 amide bonds. The highest BCUT2D eigenvalue weighted by Crippen LogP contribution is 2.27. The standard InChI is InChI=1S/C22H27N2/c1-14(2)7-18-10-19-11-22(24(6)13-21(19)23-12-18)20-9-15(3)8-16(4)17(20)5/h8-14H,7H2,1-6H3/q+1. The molecule has 0 aliphatic carbocycles. The van der Waals surface area contributed by atoms with Gasteiger partial charge in [-0.15, -0.1) is 0 Å². The maximum Gasteiger partial charge on any atom is 0.213 e. The van der Waals surface area contributed by atoms with Crippen LogP contribution >= 0.6 is 0 Å². The van der Waals surface area contributed by atoms with E-state index in [4.69, 9.17) is 0 Å². The van der Waals surface area contributed by atoms with Crippen LogP contribution in [0.3, 0.4) is 0 Å². The molecule has 0 radical (unpaired) electrons. The lowest BCUT2D eigenvalue weighted by Gasteiger charge is -2.10. The number of pyridine rings is 2. The molecule has 0 saturated carbocycles. The number of hydrogen-bond acceptors (Lipinski definition) is 1. The Balaban J connectivity index is 2.19. The number of fused-ring (bicyclic) bond motifs is 1. The van der Waals surface area contributed by atoms with E-state index in [1.165, 1.54) is 38.9 Å². The molecule has 3 aromatic rings. The molecule has 0 N–H and O–H groups in total. The third-order valence-corrected chi connectivity index (χ3v) is 4.73. The summed E-state index contributed by atoms with van der Waals surface area (Å²) in [7, 11) is 2.11. The van der Waals surface area contributed by atoms with E-state index >= 15 is 0 Å². The van der Waals surface area contributed by atoms with E-state index in [1.54, 1.807) is 0 Å². The molecule has 0 aliphatic heterocycles. The van der Waals surface area contributed by atoms with Crippen LogP contribution in [0.4, 0.5) is 0 Å². The summed E-state index contributed by atoms with van der Waals surface area (Å²) in [6.45, 7) is 11.1. The average Bonchev–Trinajstić information content (AvgIpc) is 2.50. The van der Waals surface area contributed by atoms with E-state index in [9.17, 15) is 0 Å². The Kier molecular flexibility index (Phi) is 4.40. The predicted molar refractivity (Wildman–Crippen MR) is 101 cm³/mol. The first-order valence-corrected chi connectivity index (χ1v) is 8.71. The smallest absolute Gasteiger partial charge is 0.213 e. The van der Waals surface area contributed by atoms with Crippen LogP contribution in [-0.4, -0.2) is 4.98 Å². The molecular formula is C22H27N2+. The van der Waals surface area contributed by atoms with E-state index in [1.807, 2.05) is 6.20 Å². The van der Waals surface area contributed by atoms with Gasteiger partial charge in [0.2, 0.25) is 5.69 Å². The largest absolute Gasteiger partial charge is 0.250 e. The Morgan fingerprint density at radius 1 is 1.04 bits per heavy atom. The second-order valence-electron chi connectivity index (χ2n) is 7.44. The van der Waals surface area contributed by atoms with Gasteiger partial charge >= 0.3 is 0 Å². The normalized spacial score (nSPS) is 11.5. The highest BCUT2D eigenvalue weighted by atomic mass is 14.9. The number of nitrogens with zero attached hydrogens (tertiary/aromatic N) is 2. The fourth-order valence-corrected chi connectivity index (χ4v) is 3.42. The minimum Gasteiger partial charge on any atom is -0.250 e. The Bertz CT molecular complexity index is 907. The molecule has 24 heavy (non-hydrogen) atoms. The summed E-state index contributed by atoms with van der Waals surface area (Å²) in [6.07, 6.45) is 5.23. The number of aryl methyl sites for hydroxylation is 3. The molecule has 0 saturated heterocycles. The van der Waals surface area contributed by atoms with Crippen molar-refractivity contribution >= 4 is 10.9 Å². The Labute approximate surface area is 145 Å². The minimum absolute atomic E-state index is 0.644. The molecule has 2 aromatic heterocycles. The van der Waals surface area contributed by atoms with Gasteiger partial charge in [-0.25, -0.2) is 4.98 Å². The third-order valence-electron chi connectivity index (χ3n) is 4.73. The fraction of sp³-hybridized carbons (Fsp3) is 0.364. The van der Waals surface area contributed by atoms with Gasteiger partial charge in [0.05, 0.1) is 0 Å². The second-order valence-corrected chi connectivity index (χ2v) is 7.44. The van der Waals surface area contributed by atoms with Gasteiger partial charge in [0, 0.05) is 23.2 Å². The van der Waals surface area contributed by atoms with E-state index < -0.39 is 0 Å². The van der Waals surface area contributed by atoms with E-state index in [2.05, 4.69) is 81.7 Å². The molecule has 1 aromatic carbocycles. The second kappa shape index (κ2) is 6.35. The van der Waals surface area contributed by atoms with Gasteiger partial charge in [-0.1, -0.05) is 25.5 Å². The van der Waals surface area contributed by atoms with Crippen molar-refractivity contribution in [2.24, 2.45) is 13.0 Å². The van der Waals surface area contributed by atoms with Crippen molar-refractivity contribution in [1.82, 2.24) is 4.98 Å². The summed E-state index contributed by atoms with van der Waals surface area (Å²) in [6, 6.07) is 9.12. The fourth-order valence-electron chi connectivity index (χ4n) is 3.42. The highest BCUT2D eigenvalue weighted by Gasteiger charge is 2.16. The third kappa shape index (κ3) is 3.19. The van der Waals surface area contributed by atoms with Crippen molar-refractivity contribution in [2.75, 3.05) is 0 Å². The van der Waals surface area contributed by atoms with Crippen LogP contribution < -0.4 is 4.57 Å². The SMILES string of the molecule is Cc1cc(C)c(C)c(-c2cc3cc(CC(C)C)cnc3c[n+]2C)c1. The van der Waals surface area contributed by atoms with E-state index in [-0.39, 0.29) is 0 Å². The van der Waals surface area contributed by atoms with Gasteiger partial charge in [-0.05, 0) is 61.9 Å². The molecule has 0 fully saturated rings. The van der Waals surface area contributed by atoms with Crippen molar-refractivity contribution in [3.05, 3.63) is 58.9 Å². The van der Waals surface area contributed by atoms with Gasteiger partial charge in [0.25, 0.3) is 0 Å². The quantitative estimate of drug-likeness (QED) is 0.631. The van der Waals surface area contributed by atoms with Crippen LogP contribution in [0.15, 0.2) is 36.7 Å². The number of hydrogen-bond donors (Lipinski definition) is 0. The van der Waals surface area contributed by atoms with Crippen LogP contribution in [0.25, 0.3) is 22.2 Å². The predicted octanol–water partition coefficient (Wildman–Crippen LogP) is 4.85. The molecule has 2 heteroatoms. The topological polar surface area (TPSA) is 16.8 Å². The first kappa shape index (κ1) is 16.6. The lowest BCUT2D eigenvalue weighted by atomic mass is 9.96. The molecule has 0 spiro atoms. The maximum atomic E-state index is 4.67. The molecular weight excluding hydrogens is 292 g/mol. The molecule has 2 heterocycles. The van der Waals surface area contributed by atoms with Crippen LogP contribution in [0, 0.1) is 26.7 Å². The van der Waals surface area contributed by atoms with Crippen molar-refractivity contribution in [3.8, 4) is 11.3 Å². The summed E-state index contributed by atoms with van der Waals surface area (Å²) in [5, 5.41) is 1.22. The average molecular weight is 319 g/mol. The Hall–Kier alpha value is -2.22. The summed E-state index contributed by atoms with van der Waals surface area (Å²) < 4.78 is 2.19. The number of rotatable bonds is 3. The number of aromatic nitrogens is 2. The van der Waals surface area contributed by atoms with Crippen molar-refractivity contribution < 1.29 is 4.57 Å². The summed E-state index contributed by atoms with van der Waals surface area (Å²) in [5.41, 5.74) is 8.92. The molecule has 0 atom stereocenters.